The highest BCUT2D eigenvalue weighted by Crippen LogP contribution is 1.32. The van der Waals surface area contributed by atoms with E-state index >= 15 is 0 Å². The van der Waals surface area contributed by atoms with Crippen molar-refractivity contribution in [3.05, 3.63) is 0 Å². The molecule has 0 N–H and O–H groups in total. The molecule has 0 atom stereocenters. The molecule has 0 aromatic carbocycles. The zero-order chi connectivity index (χ0) is 3.41. The van der Waals surface area contributed by atoms with E-state index in [1.807, 2.05) is 5.79 Å². The molecule has 0 saturated heterocycles. The zero-order valence-electron chi connectivity index (χ0n) is 2.69. The van der Waals surface area contributed by atoms with Crippen molar-refractivity contribution in [3.63, 3.8) is 0 Å². The van der Waals surface area contributed by atoms with Gasteiger partial charge in [-0.15, -0.1) is 5.79 Å². The van der Waals surface area contributed by atoms with Crippen LogP contribution in [0.3, 0.4) is 0 Å². The first-order valence-electron chi connectivity index (χ1n) is 1.35. The van der Waals surface area contributed by atoms with Crippen LogP contribution in [0.2, 0.25) is 5.79 Å². The minimum absolute atomic E-state index is 0.256. The molecule has 0 aliphatic rings. The van der Waals surface area contributed by atoms with Crippen LogP contribution in [-0.2, 0) is 4.79 Å². The third-order valence-electron chi connectivity index (χ3n) is 0.167. The smallest absolute Gasteiger partial charge is 0.325 e. The Labute approximate surface area is 31.7 Å². The van der Waals surface area contributed by atoms with Crippen molar-refractivity contribution < 1.29 is 4.79 Å². The van der Waals surface area contributed by atoms with Crippen LogP contribution in [0.25, 0.3) is 0 Å². The van der Waals surface area contributed by atoms with E-state index in [1.165, 1.54) is 0 Å². The van der Waals surface area contributed by atoms with E-state index < -0.39 is 0 Å². The van der Waals surface area contributed by atoms with Crippen LogP contribution in [0.1, 0.15) is 0 Å². The fourth-order valence-electron chi connectivity index (χ4n) is 0. The lowest BCUT2D eigenvalue weighted by Crippen LogP contribution is -1.75. The molecule has 1 nitrogen and oxygen atoms in total. The number of carbonyl (C=O) groups excluding carboxylic acids is 1. The fourth-order valence-corrected chi connectivity index (χ4v) is 0. The van der Waals surface area contributed by atoms with Crippen LogP contribution in [-0.4, -0.2) is 20.4 Å². The molecular formula is C2H5AlO. The van der Waals surface area contributed by atoms with Gasteiger partial charge in [0.25, 0.3) is 0 Å². The average Bonchev–Trinajstić information content (AvgIpc) is 1.37. The van der Waals surface area contributed by atoms with Gasteiger partial charge in [0.1, 0.15) is 0 Å². The Morgan fingerprint density at radius 3 is 2.25 bits per heavy atom. The van der Waals surface area contributed by atoms with E-state index in [0.717, 1.165) is 5.15 Å². The molecule has 0 bridgehead atoms. The lowest BCUT2D eigenvalue weighted by atomic mass is 11.8. The molecule has 2 heteroatoms. The van der Waals surface area contributed by atoms with E-state index in [0.29, 0.717) is 0 Å². The summed E-state index contributed by atoms with van der Waals surface area (Å²) in [6, 6.07) is 0. The van der Waals surface area contributed by atoms with Crippen molar-refractivity contribution >= 4 is 20.4 Å². The second kappa shape index (κ2) is 3.20. The molecule has 0 rings (SSSR count). The summed E-state index contributed by atoms with van der Waals surface area (Å²) in [7, 11) is 0. The molecule has 0 unspecified atom stereocenters. The van der Waals surface area contributed by atoms with Crippen molar-refractivity contribution in [2.45, 2.75) is 5.79 Å². The Morgan fingerprint density at radius 1 is 2.00 bits per heavy atom. The minimum atomic E-state index is -0.256. The third kappa shape index (κ3) is 2.20. The molecule has 0 spiro atoms. The second-order valence-corrected chi connectivity index (χ2v) is 1.72. The van der Waals surface area contributed by atoms with Crippen molar-refractivity contribution in [3.8, 4) is 0 Å². The first kappa shape index (κ1) is 4.20. The quantitative estimate of drug-likeness (QED) is 0.306. The van der Waals surface area contributed by atoms with Crippen LogP contribution in [0, 0.1) is 0 Å². The Hall–Kier alpha value is 0.202. The molecule has 0 heterocycles. The molecule has 0 radical (unpaired) electrons. The molecule has 0 fully saturated rings. The van der Waals surface area contributed by atoms with Crippen LogP contribution in [0.5, 0.6) is 0 Å². The highest BCUT2D eigenvalue weighted by atomic mass is 27.1. The summed E-state index contributed by atoms with van der Waals surface area (Å²) < 4.78 is 0. The largest absolute Gasteiger partial charge is 0.333 e. The molecule has 0 aromatic heterocycles. The number of hydrogen-bond acceptors (Lipinski definition) is 1. The molecule has 0 aliphatic heterocycles. The van der Waals surface area contributed by atoms with E-state index in [4.69, 9.17) is 0 Å². The van der Waals surface area contributed by atoms with E-state index in [-0.39, 0.29) is 15.2 Å². The maximum absolute atomic E-state index is 9.24. The molecule has 0 aliphatic carbocycles. The normalized spacial score (nSPS) is 5.25. The van der Waals surface area contributed by atoms with Gasteiger partial charge < -0.3 is 4.79 Å². The number of carbonyl (C=O) groups is 1. The Balaban J connectivity index is 2.30. The van der Waals surface area contributed by atoms with Gasteiger partial charge in [-0.3, -0.25) is 0 Å². The molecule has 0 aromatic rings. The summed E-state index contributed by atoms with van der Waals surface area (Å²) in [4.78, 5) is 9.24. The van der Waals surface area contributed by atoms with Gasteiger partial charge in [-0.2, -0.15) is 0 Å². The number of hydrogen-bond donors (Lipinski definition) is 0. The maximum Gasteiger partial charge on any atom is 0.333 e. The summed E-state index contributed by atoms with van der Waals surface area (Å²) in [5, 5.41) is 1.01. The minimum Gasteiger partial charge on any atom is -0.325 e. The van der Waals surface area contributed by atoms with Crippen molar-refractivity contribution in [2.75, 3.05) is 0 Å². The van der Waals surface area contributed by atoms with Crippen molar-refractivity contribution in [1.82, 2.24) is 0 Å². The van der Waals surface area contributed by atoms with Crippen LogP contribution < -0.4 is 0 Å². The molecule has 22 valence electrons. The van der Waals surface area contributed by atoms with Crippen LogP contribution in [0.4, 0.5) is 0 Å². The second-order valence-electron chi connectivity index (χ2n) is 0.575. The predicted octanol–water partition coefficient (Wildman–Crippen LogP) is -0.339. The lowest BCUT2D eigenvalue weighted by molar-refractivity contribution is 0.568. The molecule has 4 heavy (non-hydrogen) atoms. The first-order valence-corrected chi connectivity index (χ1v) is 3.58. The van der Waals surface area contributed by atoms with E-state index in [1.54, 1.807) is 0 Å². The Bertz CT molecular complexity index is 20.0. The molecular weight excluding hydrogens is 67.0 g/mol. The third-order valence-corrected chi connectivity index (χ3v) is 0.500. The SMILES string of the molecule is [CH3][AlH][CH]=O. The predicted molar refractivity (Wildman–Crippen MR) is 19.8 cm³/mol. The van der Waals surface area contributed by atoms with Crippen LogP contribution >= 0.6 is 0 Å². The first-order chi connectivity index (χ1) is 1.91. The van der Waals surface area contributed by atoms with E-state index in [2.05, 4.69) is 0 Å². The maximum atomic E-state index is 9.24. The van der Waals surface area contributed by atoms with Crippen molar-refractivity contribution in [1.29, 1.82) is 0 Å². The average molecular weight is 72.0 g/mol. The highest BCUT2D eigenvalue weighted by molar-refractivity contribution is 6.65. The van der Waals surface area contributed by atoms with Gasteiger partial charge >= 0.3 is 15.2 Å². The molecule has 0 saturated carbocycles. The van der Waals surface area contributed by atoms with Gasteiger partial charge in [-0.05, 0) is 0 Å². The van der Waals surface area contributed by atoms with Crippen molar-refractivity contribution in [2.24, 2.45) is 0 Å². The monoisotopic (exact) mass is 72.0 g/mol. The standard InChI is InChI=1S/CHO.CH3.Al.H/c1-2;;;/h1H;1H3;;. The zero-order valence-corrected chi connectivity index (χ0v) is 4.11. The lowest BCUT2D eigenvalue weighted by Gasteiger charge is -1.42. The molecule has 0 amide bonds. The summed E-state index contributed by atoms with van der Waals surface area (Å²) >= 11 is -0.256. The fraction of sp³-hybridized carbons (Fsp3) is 0.500. The summed E-state index contributed by atoms with van der Waals surface area (Å²) in [6.07, 6.45) is 0. The number of rotatable bonds is 1. The topological polar surface area (TPSA) is 17.1 Å². The Morgan fingerprint density at radius 2 is 2.25 bits per heavy atom. The van der Waals surface area contributed by atoms with Gasteiger partial charge in [0, 0.05) is 5.15 Å². The van der Waals surface area contributed by atoms with Gasteiger partial charge in [-0.25, -0.2) is 0 Å². The summed E-state index contributed by atoms with van der Waals surface area (Å²) in [5.74, 6) is 1.95. The van der Waals surface area contributed by atoms with Gasteiger partial charge in [0.15, 0.2) is 0 Å². The van der Waals surface area contributed by atoms with Crippen LogP contribution in [0.15, 0.2) is 0 Å². The van der Waals surface area contributed by atoms with Gasteiger partial charge in [-0.1, -0.05) is 0 Å². The van der Waals surface area contributed by atoms with E-state index in [9.17, 15) is 4.79 Å². The van der Waals surface area contributed by atoms with Gasteiger partial charge in [0.2, 0.25) is 0 Å². The summed E-state index contributed by atoms with van der Waals surface area (Å²) in [5.41, 5.74) is 0. The van der Waals surface area contributed by atoms with Gasteiger partial charge in [0.05, 0.1) is 0 Å². The summed E-state index contributed by atoms with van der Waals surface area (Å²) in [6.45, 7) is 0. The Kier molecular flexibility index (Phi) is 3.36. The highest BCUT2D eigenvalue weighted by Gasteiger charge is 1.64.